The van der Waals surface area contributed by atoms with Crippen molar-refractivity contribution in [3.05, 3.63) is 42.0 Å². The van der Waals surface area contributed by atoms with E-state index in [4.69, 9.17) is 14.2 Å². The minimum Gasteiger partial charge on any atom is -0.504 e. The number of anilines is 1. The molecule has 0 aromatic heterocycles. The van der Waals surface area contributed by atoms with Crippen LogP contribution in [0.3, 0.4) is 0 Å². The highest BCUT2D eigenvalue weighted by atomic mass is 16.5. The summed E-state index contributed by atoms with van der Waals surface area (Å²) in [6.45, 7) is 5.24. The van der Waals surface area contributed by atoms with Crippen LogP contribution in [0, 0.1) is 5.92 Å². The molecule has 0 fully saturated rings. The number of rotatable bonds is 10. The van der Waals surface area contributed by atoms with Gasteiger partial charge >= 0.3 is 6.03 Å². The van der Waals surface area contributed by atoms with Crippen LogP contribution in [0.4, 0.5) is 10.5 Å². The molecule has 2 aromatic carbocycles. The van der Waals surface area contributed by atoms with Crippen LogP contribution in [0.5, 0.6) is 23.0 Å². The summed E-state index contributed by atoms with van der Waals surface area (Å²) in [4.78, 5) is 12.2. The molecule has 29 heavy (non-hydrogen) atoms. The molecule has 0 saturated carbocycles. The Labute approximate surface area is 172 Å². The molecule has 7 nitrogen and oxygen atoms in total. The zero-order valence-electron chi connectivity index (χ0n) is 17.5. The van der Waals surface area contributed by atoms with Crippen molar-refractivity contribution in [2.24, 2.45) is 5.92 Å². The maximum Gasteiger partial charge on any atom is 0.319 e. The Bertz CT molecular complexity index is 808. The summed E-state index contributed by atoms with van der Waals surface area (Å²) in [5.41, 5.74) is 1.41. The highest BCUT2D eigenvalue weighted by molar-refractivity contribution is 5.89. The molecule has 7 heteroatoms. The van der Waals surface area contributed by atoms with Crippen LogP contribution in [0.25, 0.3) is 0 Å². The predicted molar refractivity (Wildman–Crippen MR) is 113 cm³/mol. The lowest BCUT2D eigenvalue weighted by atomic mass is 10.1. The number of hydrogen-bond acceptors (Lipinski definition) is 5. The number of phenolic OH excluding ortho intramolecular Hbond substituents is 1. The van der Waals surface area contributed by atoms with E-state index in [9.17, 15) is 9.90 Å². The van der Waals surface area contributed by atoms with E-state index in [2.05, 4.69) is 24.5 Å². The van der Waals surface area contributed by atoms with Crippen LogP contribution >= 0.6 is 0 Å². The van der Waals surface area contributed by atoms with Gasteiger partial charge in [0.05, 0.1) is 20.8 Å². The molecule has 2 amide bonds. The fourth-order valence-corrected chi connectivity index (χ4v) is 2.73. The molecule has 158 valence electrons. The number of benzene rings is 2. The fourth-order valence-electron chi connectivity index (χ4n) is 2.73. The van der Waals surface area contributed by atoms with Gasteiger partial charge in [-0.2, -0.15) is 0 Å². The molecule has 0 saturated heterocycles. The largest absolute Gasteiger partial charge is 0.504 e. The minimum absolute atomic E-state index is 0.0554. The van der Waals surface area contributed by atoms with Crippen LogP contribution in [0.1, 0.15) is 32.3 Å². The molecule has 0 aliphatic carbocycles. The highest BCUT2D eigenvalue weighted by Crippen LogP contribution is 2.30. The van der Waals surface area contributed by atoms with Gasteiger partial charge in [0, 0.05) is 18.3 Å². The average Bonchev–Trinajstić information content (AvgIpc) is 2.70. The summed E-state index contributed by atoms with van der Waals surface area (Å²) >= 11 is 0. The van der Waals surface area contributed by atoms with Crippen molar-refractivity contribution >= 4 is 11.7 Å². The van der Waals surface area contributed by atoms with E-state index in [0.717, 1.165) is 18.4 Å². The lowest BCUT2D eigenvalue weighted by Crippen LogP contribution is -2.28. The molecule has 0 aliphatic heterocycles. The number of phenols is 1. The highest BCUT2D eigenvalue weighted by Gasteiger charge is 2.09. The van der Waals surface area contributed by atoms with Crippen LogP contribution < -0.4 is 24.8 Å². The SMILES string of the molecule is COc1cc(CNC(=O)Nc2ccc(OC)c(OCCCC(C)C)c2)ccc1O. The Morgan fingerprint density at radius 3 is 2.48 bits per heavy atom. The quantitative estimate of drug-likeness (QED) is 0.508. The summed E-state index contributed by atoms with van der Waals surface area (Å²) in [5.74, 6) is 2.26. The van der Waals surface area contributed by atoms with Crippen molar-refractivity contribution in [1.29, 1.82) is 0 Å². The lowest BCUT2D eigenvalue weighted by molar-refractivity contribution is 0.251. The van der Waals surface area contributed by atoms with Crippen molar-refractivity contribution < 1.29 is 24.1 Å². The topological polar surface area (TPSA) is 89.1 Å². The normalized spacial score (nSPS) is 10.5. The molecule has 0 atom stereocenters. The van der Waals surface area contributed by atoms with Crippen molar-refractivity contribution in [2.45, 2.75) is 33.2 Å². The number of methoxy groups -OCH3 is 2. The molecular formula is C22H30N2O5. The Morgan fingerprint density at radius 2 is 1.79 bits per heavy atom. The third-order valence-electron chi connectivity index (χ3n) is 4.30. The van der Waals surface area contributed by atoms with Crippen molar-refractivity contribution in [3.8, 4) is 23.0 Å². The third kappa shape index (κ3) is 7.10. The standard InChI is InChI=1S/C22H30N2O5/c1-15(2)6-5-11-29-21-13-17(8-10-19(21)27-3)24-22(26)23-14-16-7-9-18(25)20(12-16)28-4/h7-10,12-13,15,25H,5-6,11,14H2,1-4H3,(H2,23,24,26). The summed E-state index contributed by atoms with van der Waals surface area (Å²) in [7, 11) is 3.06. The molecule has 2 aromatic rings. The smallest absolute Gasteiger partial charge is 0.319 e. The summed E-state index contributed by atoms with van der Waals surface area (Å²) < 4.78 is 16.2. The first-order valence-corrected chi connectivity index (χ1v) is 9.64. The van der Waals surface area contributed by atoms with E-state index in [0.29, 0.717) is 35.5 Å². The van der Waals surface area contributed by atoms with Crippen LogP contribution in [0.2, 0.25) is 0 Å². The fraction of sp³-hybridized carbons (Fsp3) is 0.409. The summed E-state index contributed by atoms with van der Waals surface area (Å²) in [6.07, 6.45) is 2.04. The van der Waals surface area contributed by atoms with Crippen molar-refractivity contribution in [3.63, 3.8) is 0 Å². The van der Waals surface area contributed by atoms with Gasteiger partial charge in [-0.05, 0) is 48.6 Å². The summed E-state index contributed by atoms with van der Waals surface area (Å²) in [6, 6.07) is 9.83. The second kappa shape index (κ2) is 11.0. The van der Waals surface area contributed by atoms with E-state index >= 15 is 0 Å². The third-order valence-corrected chi connectivity index (χ3v) is 4.30. The van der Waals surface area contributed by atoms with E-state index in [1.165, 1.54) is 13.2 Å². The van der Waals surface area contributed by atoms with Crippen molar-refractivity contribution in [2.75, 3.05) is 26.1 Å². The number of nitrogens with one attached hydrogen (secondary N) is 2. The molecule has 0 unspecified atom stereocenters. The van der Waals surface area contributed by atoms with Gasteiger partial charge < -0.3 is 30.0 Å². The van der Waals surface area contributed by atoms with Gasteiger partial charge in [0.25, 0.3) is 0 Å². The zero-order chi connectivity index (χ0) is 21.2. The Hall–Kier alpha value is -3.09. The first-order valence-electron chi connectivity index (χ1n) is 9.64. The number of aromatic hydroxyl groups is 1. The van der Waals surface area contributed by atoms with Gasteiger partial charge in [0.15, 0.2) is 23.0 Å². The van der Waals surface area contributed by atoms with Crippen LogP contribution in [-0.2, 0) is 6.54 Å². The van der Waals surface area contributed by atoms with Crippen LogP contribution in [-0.4, -0.2) is 32.0 Å². The van der Waals surface area contributed by atoms with Gasteiger partial charge in [0.1, 0.15) is 0 Å². The molecule has 0 spiro atoms. The average molecular weight is 402 g/mol. The van der Waals surface area contributed by atoms with Gasteiger partial charge in [0.2, 0.25) is 0 Å². The molecule has 3 N–H and O–H groups in total. The predicted octanol–water partition coefficient (Wildman–Crippen LogP) is 4.55. The van der Waals surface area contributed by atoms with Gasteiger partial charge in [-0.25, -0.2) is 4.79 Å². The molecule has 0 bridgehead atoms. The number of carbonyl (C=O) groups is 1. The first-order chi connectivity index (χ1) is 13.9. The molecular weight excluding hydrogens is 372 g/mol. The monoisotopic (exact) mass is 402 g/mol. The Balaban J connectivity index is 1.92. The molecule has 0 radical (unpaired) electrons. The Morgan fingerprint density at radius 1 is 1.03 bits per heavy atom. The minimum atomic E-state index is -0.354. The molecule has 0 aliphatic rings. The lowest BCUT2D eigenvalue weighted by Gasteiger charge is -2.14. The molecule has 0 heterocycles. The van der Waals surface area contributed by atoms with Gasteiger partial charge in [-0.3, -0.25) is 0 Å². The number of hydrogen-bond donors (Lipinski definition) is 3. The van der Waals surface area contributed by atoms with Gasteiger partial charge in [-0.1, -0.05) is 19.9 Å². The second-order valence-corrected chi connectivity index (χ2v) is 7.06. The molecule has 2 rings (SSSR count). The number of ether oxygens (including phenoxy) is 3. The first kappa shape index (κ1) is 22.2. The maximum atomic E-state index is 12.2. The van der Waals surface area contributed by atoms with E-state index in [-0.39, 0.29) is 18.3 Å². The van der Waals surface area contributed by atoms with Crippen molar-refractivity contribution in [1.82, 2.24) is 5.32 Å². The zero-order valence-corrected chi connectivity index (χ0v) is 17.5. The van der Waals surface area contributed by atoms with Gasteiger partial charge in [-0.15, -0.1) is 0 Å². The summed E-state index contributed by atoms with van der Waals surface area (Å²) in [5, 5.41) is 15.2. The number of urea groups is 1. The van der Waals surface area contributed by atoms with E-state index < -0.39 is 0 Å². The van der Waals surface area contributed by atoms with E-state index in [1.54, 1.807) is 37.4 Å². The Kier molecular flexibility index (Phi) is 8.45. The number of amides is 2. The maximum absolute atomic E-state index is 12.2. The number of carbonyl (C=O) groups excluding carboxylic acids is 1. The van der Waals surface area contributed by atoms with E-state index in [1.807, 2.05) is 0 Å². The van der Waals surface area contributed by atoms with Crippen LogP contribution in [0.15, 0.2) is 36.4 Å². The second-order valence-electron chi connectivity index (χ2n) is 7.06.